The molecule has 11 heavy (non-hydrogen) atoms. The van der Waals surface area contributed by atoms with Gasteiger partial charge >= 0.3 is 0 Å². The van der Waals surface area contributed by atoms with E-state index in [0.717, 1.165) is 5.02 Å². The van der Waals surface area contributed by atoms with E-state index in [9.17, 15) is 0 Å². The highest BCUT2D eigenvalue weighted by atomic mass is 35.5. The molecule has 1 aromatic rings. The summed E-state index contributed by atoms with van der Waals surface area (Å²) in [5, 5.41) is 0.828. The van der Waals surface area contributed by atoms with Gasteiger partial charge in [-0.05, 0) is 18.2 Å². The number of hydrogen-bond donors (Lipinski definition) is 0. The van der Waals surface area contributed by atoms with Crippen LogP contribution in [0.1, 0.15) is 5.56 Å². The van der Waals surface area contributed by atoms with Crippen LogP contribution >= 0.6 is 11.6 Å². The summed E-state index contributed by atoms with van der Waals surface area (Å²) < 4.78 is 0. The summed E-state index contributed by atoms with van der Waals surface area (Å²) in [5.74, 6) is 0. The van der Waals surface area contributed by atoms with Crippen LogP contribution in [0.3, 0.4) is 0 Å². The molecule has 1 radical (unpaired) electrons. The summed E-state index contributed by atoms with van der Waals surface area (Å²) >= 11 is 5.76. The fourth-order valence-corrected chi connectivity index (χ4v) is 2.19. The van der Waals surface area contributed by atoms with Crippen molar-refractivity contribution in [1.82, 2.24) is 0 Å². The number of benzene rings is 1. The van der Waals surface area contributed by atoms with Crippen LogP contribution in [0.4, 0.5) is 0 Å². The highest BCUT2D eigenvalue weighted by Crippen LogP contribution is 2.10. The quantitative estimate of drug-likeness (QED) is 0.618. The molecule has 0 aliphatic rings. The Morgan fingerprint density at radius 3 is 2.18 bits per heavy atom. The Labute approximate surface area is 74.8 Å². The van der Waals surface area contributed by atoms with Crippen LogP contribution in [0.15, 0.2) is 24.3 Å². The smallest absolute Gasteiger partial charge is 0.0460 e. The molecule has 0 aromatic heterocycles. The molecule has 0 spiro atoms. The third-order valence-electron chi connectivity index (χ3n) is 1.47. The van der Waals surface area contributed by atoms with Gasteiger partial charge in [0.25, 0.3) is 0 Å². The first-order chi connectivity index (χ1) is 5.18. The lowest BCUT2D eigenvalue weighted by molar-refractivity contribution is 1.35. The SMILES string of the molecule is C[Si](C)Cc1ccc(Cl)cc1. The Balaban J connectivity index is 2.66. The van der Waals surface area contributed by atoms with Crippen molar-refractivity contribution < 1.29 is 0 Å². The summed E-state index contributed by atoms with van der Waals surface area (Å²) in [5.41, 5.74) is 1.41. The number of hydrogen-bond acceptors (Lipinski definition) is 0. The molecular formula is C9H12ClSi. The average Bonchev–Trinajstić information content (AvgIpc) is 1.93. The van der Waals surface area contributed by atoms with Gasteiger partial charge in [-0.3, -0.25) is 0 Å². The molecule has 0 saturated carbocycles. The van der Waals surface area contributed by atoms with Gasteiger partial charge in [0.1, 0.15) is 0 Å². The highest BCUT2D eigenvalue weighted by Gasteiger charge is 1.97. The molecule has 0 N–H and O–H groups in total. The first kappa shape index (κ1) is 8.82. The van der Waals surface area contributed by atoms with Crippen molar-refractivity contribution in [3.05, 3.63) is 34.9 Å². The van der Waals surface area contributed by atoms with E-state index in [-0.39, 0.29) is 8.80 Å². The third-order valence-corrected chi connectivity index (χ3v) is 2.84. The summed E-state index contributed by atoms with van der Waals surface area (Å²) in [4.78, 5) is 0. The Morgan fingerprint density at radius 1 is 1.18 bits per heavy atom. The minimum atomic E-state index is -0.143. The molecule has 0 unspecified atom stereocenters. The topological polar surface area (TPSA) is 0 Å². The fourth-order valence-electron chi connectivity index (χ4n) is 1.01. The van der Waals surface area contributed by atoms with Crippen LogP contribution in [0, 0.1) is 0 Å². The van der Waals surface area contributed by atoms with E-state index in [1.54, 1.807) is 0 Å². The van der Waals surface area contributed by atoms with Gasteiger partial charge in [-0.1, -0.05) is 42.4 Å². The normalized spacial score (nSPS) is 10.5. The van der Waals surface area contributed by atoms with Crippen LogP contribution in [0.2, 0.25) is 18.1 Å². The van der Waals surface area contributed by atoms with Gasteiger partial charge in [-0.25, -0.2) is 0 Å². The molecule has 0 nitrogen and oxygen atoms in total. The first-order valence-corrected chi connectivity index (χ1v) is 6.80. The van der Waals surface area contributed by atoms with Crippen molar-refractivity contribution in [1.29, 1.82) is 0 Å². The zero-order chi connectivity index (χ0) is 8.27. The van der Waals surface area contributed by atoms with Gasteiger partial charge in [0, 0.05) is 13.8 Å². The molecule has 1 rings (SSSR count). The van der Waals surface area contributed by atoms with E-state index in [1.807, 2.05) is 12.1 Å². The minimum absolute atomic E-state index is 0.143. The maximum Gasteiger partial charge on any atom is 0.0460 e. The summed E-state index contributed by atoms with van der Waals surface area (Å²) in [7, 11) is -0.143. The van der Waals surface area contributed by atoms with Crippen molar-refractivity contribution in [3.8, 4) is 0 Å². The van der Waals surface area contributed by atoms with Gasteiger partial charge < -0.3 is 0 Å². The maximum absolute atomic E-state index is 5.76. The van der Waals surface area contributed by atoms with Crippen molar-refractivity contribution in [3.63, 3.8) is 0 Å². The van der Waals surface area contributed by atoms with Crippen molar-refractivity contribution in [2.24, 2.45) is 0 Å². The predicted molar refractivity (Wildman–Crippen MR) is 52.6 cm³/mol. The molecule has 0 bridgehead atoms. The summed E-state index contributed by atoms with van der Waals surface area (Å²) in [6.07, 6.45) is 0. The molecule has 0 aliphatic carbocycles. The standard InChI is InChI=1S/C9H12ClSi/c1-11(2)7-8-3-5-9(10)6-4-8/h3-6H,7H2,1-2H3. The molecule has 0 aliphatic heterocycles. The Hall–Kier alpha value is -0.273. The van der Waals surface area contributed by atoms with E-state index < -0.39 is 0 Å². The third kappa shape index (κ3) is 3.08. The predicted octanol–water partition coefficient (Wildman–Crippen LogP) is 3.18. The Morgan fingerprint density at radius 2 is 1.73 bits per heavy atom. The summed E-state index contributed by atoms with van der Waals surface area (Å²) in [6.45, 7) is 4.64. The van der Waals surface area contributed by atoms with Crippen LogP contribution in [-0.4, -0.2) is 8.80 Å². The van der Waals surface area contributed by atoms with Gasteiger partial charge in [-0.15, -0.1) is 0 Å². The van der Waals surface area contributed by atoms with E-state index in [0.29, 0.717) is 0 Å². The van der Waals surface area contributed by atoms with Crippen molar-refractivity contribution in [2.45, 2.75) is 19.1 Å². The fraction of sp³-hybridized carbons (Fsp3) is 0.333. The van der Waals surface area contributed by atoms with E-state index in [2.05, 4.69) is 25.2 Å². The van der Waals surface area contributed by atoms with Crippen LogP contribution in [0.25, 0.3) is 0 Å². The largest absolute Gasteiger partial charge is 0.0843 e. The van der Waals surface area contributed by atoms with E-state index in [4.69, 9.17) is 11.6 Å². The van der Waals surface area contributed by atoms with Gasteiger partial charge in [0.05, 0.1) is 0 Å². The van der Waals surface area contributed by atoms with Crippen LogP contribution in [-0.2, 0) is 6.04 Å². The molecule has 59 valence electrons. The Bertz CT molecular complexity index is 216. The lowest BCUT2D eigenvalue weighted by Gasteiger charge is -2.02. The zero-order valence-electron chi connectivity index (χ0n) is 6.89. The molecule has 0 heterocycles. The van der Waals surface area contributed by atoms with Crippen molar-refractivity contribution >= 4 is 20.4 Å². The zero-order valence-corrected chi connectivity index (χ0v) is 8.65. The number of halogens is 1. The lowest BCUT2D eigenvalue weighted by Crippen LogP contribution is -2.04. The van der Waals surface area contributed by atoms with Gasteiger partial charge in [0.15, 0.2) is 0 Å². The number of rotatable bonds is 2. The first-order valence-electron chi connectivity index (χ1n) is 3.72. The minimum Gasteiger partial charge on any atom is -0.0843 e. The maximum atomic E-state index is 5.76. The average molecular weight is 184 g/mol. The molecule has 1 aromatic carbocycles. The molecule has 0 saturated heterocycles. The second kappa shape index (κ2) is 3.93. The molecular weight excluding hydrogens is 172 g/mol. The van der Waals surface area contributed by atoms with Gasteiger partial charge in [0.2, 0.25) is 0 Å². The Kier molecular flexibility index (Phi) is 3.15. The molecule has 0 atom stereocenters. The monoisotopic (exact) mass is 183 g/mol. The van der Waals surface area contributed by atoms with Gasteiger partial charge in [-0.2, -0.15) is 0 Å². The summed E-state index contributed by atoms with van der Waals surface area (Å²) in [6, 6.07) is 9.38. The lowest BCUT2D eigenvalue weighted by atomic mass is 10.2. The van der Waals surface area contributed by atoms with Crippen LogP contribution in [0.5, 0.6) is 0 Å². The second-order valence-electron chi connectivity index (χ2n) is 3.01. The van der Waals surface area contributed by atoms with E-state index in [1.165, 1.54) is 11.6 Å². The molecule has 0 fully saturated rings. The van der Waals surface area contributed by atoms with Crippen LogP contribution < -0.4 is 0 Å². The molecule has 2 heteroatoms. The van der Waals surface area contributed by atoms with Crippen molar-refractivity contribution in [2.75, 3.05) is 0 Å². The highest BCUT2D eigenvalue weighted by molar-refractivity contribution is 6.55. The molecule has 0 amide bonds. The van der Waals surface area contributed by atoms with E-state index >= 15 is 0 Å². The second-order valence-corrected chi connectivity index (χ2v) is 6.21.